The highest BCUT2D eigenvalue weighted by Crippen LogP contribution is 2.47. The lowest BCUT2D eigenvalue weighted by atomic mass is 9.86. The topological polar surface area (TPSA) is 107 Å². The number of aromatic nitrogens is 1. The first-order valence-corrected chi connectivity index (χ1v) is 13.4. The first kappa shape index (κ1) is 25.3. The van der Waals surface area contributed by atoms with E-state index in [2.05, 4.69) is 18.3 Å². The van der Waals surface area contributed by atoms with E-state index < -0.39 is 23.1 Å². The Kier molecular flexibility index (Phi) is 6.30. The molecular formula is C28H32N2O6S. The van der Waals surface area contributed by atoms with Gasteiger partial charge in [0.25, 0.3) is 0 Å². The number of thiophene rings is 1. The Labute approximate surface area is 219 Å². The zero-order chi connectivity index (χ0) is 26.6. The number of aryl methyl sites for hydroxylation is 1. The van der Waals surface area contributed by atoms with Crippen LogP contribution < -0.4 is 15.5 Å². The number of carbonyl (C=O) groups excluding carboxylic acids is 1. The Hall–Kier alpha value is -3.33. The first-order valence-electron chi connectivity index (χ1n) is 12.6. The van der Waals surface area contributed by atoms with Crippen LogP contribution in [0, 0.1) is 5.92 Å². The fraction of sp³-hybridized carbons (Fsp3) is 0.464. The molecule has 2 heterocycles. The number of rotatable bonds is 5. The quantitative estimate of drug-likeness (QED) is 0.429. The highest BCUT2D eigenvalue weighted by Gasteiger charge is 2.33. The molecule has 0 bridgehead atoms. The number of nitrogens with one attached hydrogen (secondary N) is 1. The summed E-state index contributed by atoms with van der Waals surface area (Å²) in [5.41, 5.74) is 1.33. The van der Waals surface area contributed by atoms with Crippen molar-refractivity contribution in [3.05, 3.63) is 50.6 Å². The molecule has 3 aromatic rings. The van der Waals surface area contributed by atoms with E-state index in [9.17, 15) is 19.5 Å². The van der Waals surface area contributed by atoms with Gasteiger partial charge in [-0.25, -0.2) is 9.59 Å². The molecular weight excluding hydrogens is 492 g/mol. The fourth-order valence-corrected chi connectivity index (χ4v) is 6.52. The second-order valence-corrected chi connectivity index (χ2v) is 12.1. The SMILES string of the molecule is COc1c(-c2cc3c(s2)C(NC(=O)OC(C)(C)C)C(C)CC3)ccc2c(=O)c(C(=O)O)cn(C3CC3)c12. The summed E-state index contributed by atoms with van der Waals surface area (Å²) in [4.78, 5) is 39.4. The van der Waals surface area contributed by atoms with E-state index in [1.807, 2.05) is 31.4 Å². The van der Waals surface area contributed by atoms with Gasteiger partial charge in [0, 0.05) is 27.6 Å². The lowest BCUT2D eigenvalue weighted by Crippen LogP contribution is -2.38. The van der Waals surface area contributed by atoms with Crippen molar-refractivity contribution >= 4 is 34.3 Å². The molecule has 9 heteroatoms. The molecule has 1 saturated carbocycles. The summed E-state index contributed by atoms with van der Waals surface area (Å²) in [6.07, 6.45) is 4.72. The Morgan fingerprint density at radius 1 is 1.19 bits per heavy atom. The smallest absolute Gasteiger partial charge is 0.408 e. The largest absolute Gasteiger partial charge is 0.494 e. The van der Waals surface area contributed by atoms with Crippen LogP contribution in [-0.4, -0.2) is 34.4 Å². The number of hydrogen-bond acceptors (Lipinski definition) is 6. The summed E-state index contributed by atoms with van der Waals surface area (Å²) >= 11 is 1.61. The number of alkyl carbamates (subject to hydrolysis) is 1. The number of hydrogen-bond donors (Lipinski definition) is 2. The Morgan fingerprint density at radius 2 is 1.92 bits per heavy atom. The molecule has 196 valence electrons. The molecule has 37 heavy (non-hydrogen) atoms. The average molecular weight is 525 g/mol. The lowest BCUT2D eigenvalue weighted by Gasteiger charge is -2.30. The summed E-state index contributed by atoms with van der Waals surface area (Å²) in [5, 5.41) is 13.0. The van der Waals surface area contributed by atoms with Crippen LogP contribution in [-0.2, 0) is 11.2 Å². The number of aromatic carboxylic acids is 1. The van der Waals surface area contributed by atoms with Gasteiger partial charge in [0.05, 0.1) is 24.1 Å². The van der Waals surface area contributed by atoms with Gasteiger partial charge in [0.15, 0.2) is 5.75 Å². The third-order valence-corrected chi connectivity index (χ3v) is 8.32. The van der Waals surface area contributed by atoms with E-state index in [4.69, 9.17) is 9.47 Å². The Balaban J connectivity index is 1.61. The molecule has 2 N–H and O–H groups in total. The first-order chi connectivity index (χ1) is 17.5. The molecule has 2 aliphatic rings. The molecule has 2 atom stereocenters. The van der Waals surface area contributed by atoms with Gasteiger partial charge < -0.3 is 24.5 Å². The summed E-state index contributed by atoms with van der Waals surface area (Å²) in [6, 6.07) is 5.67. The van der Waals surface area contributed by atoms with Gasteiger partial charge in [0.1, 0.15) is 11.2 Å². The van der Waals surface area contributed by atoms with Crippen molar-refractivity contribution in [2.75, 3.05) is 7.11 Å². The zero-order valence-corrected chi connectivity index (χ0v) is 22.5. The normalized spacial score (nSPS) is 19.4. The highest BCUT2D eigenvalue weighted by atomic mass is 32.1. The number of pyridine rings is 1. The number of ether oxygens (including phenoxy) is 2. The van der Waals surface area contributed by atoms with Gasteiger partial charge in [0.2, 0.25) is 5.43 Å². The second kappa shape index (κ2) is 9.20. The monoisotopic (exact) mass is 524 g/mol. The van der Waals surface area contributed by atoms with Crippen LogP contribution in [0.2, 0.25) is 0 Å². The third-order valence-electron chi connectivity index (χ3n) is 7.02. The van der Waals surface area contributed by atoms with E-state index in [-0.39, 0.29) is 23.6 Å². The number of carbonyl (C=O) groups is 2. The summed E-state index contributed by atoms with van der Waals surface area (Å²) < 4.78 is 13.3. The standard InChI is InChI=1S/C28H32N2O6S/c1-14-6-7-15-12-20(37-25(15)21(14)29-27(34)36-28(2,3)4)17-10-11-18-22(24(17)35-5)30(16-8-9-16)13-19(23(18)31)26(32)33/h10-14,16,21H,6-9H2,1-5H3,(H,29,34)(H,32,33). The maximum absolute atomic E-state index is 13.0. The van der Waals surface area contributed by atoms with Crippen molar-refractivity contribution in [2.45, 2.75) is 71.1 Å². The number of fused-ring (bicyclic) bond motifs is 2. The van der Waals surface area contributed by atoms with Crippen LogP contribution in [0.5, 0.6) is 5.75 Å². The van der Waals surface area contributed by atoms with Gasteiger partial charge in [-0.1, -0.05) is 6.92 Å². The number of carboxylic acids is 1. The maximum atomic E-state index is 13.0. The molecule has 8 nitrogen and oxygen atoms in total. The van der Waals surface area contributed by atoms with Gasteiger partial charge >= 0.3 is 12.1 Å². The van der Waals surface area contributed by atoms with Crippen LogP contribution >= 0.6 is 11.3 Å². The molecule has 0 spiro atoms. The van der Waals surface area contributed by atoms with Crippen molar-refractivity contribution in [3.63, 3.8) is 0 Å². The van der Waals surface area contributed by atoms with Gasteiger partial charge in [-0.2, -0.15) is 0 Å². The van der Waals surface area contributed by atoms with Crippen molar-refractivity contribution < 1.29 is 24.2 Å². The van der Waals surface area contributed by atoms with Crippen LogP contribution in [0.15, 0.2) is 29.2 Å². The molecule has 1 aromatic carbocycles. The molecule has 1 fully saturated rings. The van der Waals surface area contributed by atoms with E-state index in [0.29, 0.717) is 16.7 Å². The van der Waals surface area contributed by atoms with Gasteiger partial charge in [-0.15, -0.1) is 11.3 Å². The molecule has 0 radical (unpaired) electrons. The predicted octanol–water partition coefficient (Wildman–Crippen LogP) is 5.92. The third kappa shape index (κ3) is 4.72. The summed E-state index contributed by atoms with van der Waals surface area (Å²) in [7, 11) is 1.58. The summed E-state index contributed by atoms with van der Waals surface area (Å²) in [5.74, 6) is -0.422. The number of nitrogens with zero attached hydrogens (tertiary/aromatic N) is 1. The number of amides is 1. The van der Waals surface area contributed by atoms with Gasteiger partial charge in [-0.3, -0.25) is 4.79 Å². The van der Waals surface area contributed by atoms with Crippen LogP contribution in [0.4, 0.5) is 4.79 Å². The molecule has 2 aromatic heterocycles. The zero-order valence-electron chi connectivity index (χ0n) is 21.7. The number of carboxylic acid groups (broad SMARTS) is 1. The Morgan fingerprint density at radius 3 is 2.54 bits per heavy atom. The minimum Gasteiger partial charge on any atom is -0.494 e. The Bertz CT molecular complexity index is 1460. The molecule has 2 unspecified atom stereocenters. The van der Waals surface area contributed by atoms with Crippen LogP contribution in [0.25, 0.3) is 21.3 Å². The van der Waals surface area contributed by atoms with E-state index in [0.717, 1.165) is 41.0 Å². The minimum absolute atomic E-state index is 0.144. The number of benzene rings is 1. The lowest BCUT2D eigenvalue weighted by molar-refractivity contribution is 0.0483. The van der Waals surface area contributed by atoms with E-state index in [1.54, 1.807) is 24.5 Å². The molecule has 1 amide bonds. The van der Waals surface area contributed by atoms with E-state index in [1.165, 1.54) is 11.8 Å². The number of methoxy groups -OCH3 is 1. The second-order valence-electron chi connectivity index (χ2n) is 11.0. The fourth-order valence-electron chi connectivity index (χ4n) is 5.10. The van der Waals surface area contributed by atoms with Crippen LogP contribution in [0.1, 0.15) is 79.8 Å². The van der Waals surface area contributed by atoms with Crippen molar-refractivity contribution in [1.82, 2.24) is 9.88 Å². The summed E-state index contributed by atoms with van der Waals surface area (Å²) in [6.45, 7) is 7.67. The highest BCUT2D eigenvalue weighted by molar-refractivity contribution is 7.15. The maximum Gasteiger partial charge on any atom is 0.408 e. The van der Waals surface area contributed by atoms with Gasteiger partial charge in [-0.05, 0) is 76.1 Å². The van der Waals surface area contributed by atoms with Crippen LogP contribution in [0.3, 0.4) is 0 Å². The molecule has 5 rings (SSSR count). The van der Waals surface area contributed by atoms with Crippen molar-refractivity contribution in [3.8, 4) is 16.2 Å². The van der Waals surface area contributed by atoms with Crippen molar-refractivity contribution in [1.29, 1.82) is 0 Å². The molecule has 0 saturated heterocycles. The average Bonchev–Trinajstić information content (AvgIpc) is 3.57. The van der Waals surface area contributed by atoms with Crippen molar-refractivity contribution in [2.24, 2.45) is 5.92 Å². The molecule has 2 aliphatic carbocycles. The van der Waals surface area contributed by atoms with E-state index >= 15 is 0 Å². The minimum atomic E-state index is -1.23. The predicted molar refractivity (Wildman–Crippen MR) is 143 cm³/mol. The molecule has 0 aliphatic heterocycles.